The van der Waals surface area contributed by atoms with Crippen LogP contribution in [0.4, 0.5) is 0 Å². The van der Waals surface area contributed by atoms with Gasteiger partial charge in [-0.2, -0.15) is 0 Å². The molecule has 0 aromatic heterocycles. The van der Waals surface area contributed by atoms with Crippen molar-refractivity contribution >= 4 is 6.21 Å². The normalized spacial score (nSPS) is 41.2. The fraction of sp³-hybridized carbons (Fsp3) is 0.632. The van der Waals surface area contributed by atoms with Crippen molar-refractivity contribution in [2.45, 2.75) is 57.1 Å². The first-order valence-electron chi connectivity index (χ1n) is 8.52. The van der Waals surface area contributed by atoms with Gasteiger partial charge in [-0.3, -0.25) is 4.99 Å². The lowest BCUT2D eigenvalue weighted by Crippen LogP contribution is -2.58. The lowest BCUT2D eigenvalue weighted by Gasteiger charge is -2.61. The van der Waals surface area contributed by atoms with Gasteiger partial charge in [0, 0.05) is 11.8 Å². The summed E-state index contributed by atoms with van der Waals surface area (Å²) in [5, 5.41) is 20.7. The fourth-order valence-corrected chi connectivity index (χ4v) is 5.72. The van der Waals surface area contributed by atoms with Crippen molar-refractivity contribution in [3.05, 3.63) is 29.8 Å². The molecule has 0 radical (unpaired) electrons. The van der Waals surface area contributed by atoms with Crippen molar-refractivity contribution in [2.24, 2.45) is 22.2 Å². The quantitative estimate of drug-likeness (QED) is 0.839. The summed E-state index contributed by atoms with van der Waals surface area (Å²) in [6.45, 7) is 2.19. The number of rotatable bonds is 3. The Labute approximate surface area is 132 Å². The summed E-state index contributed by atoms with van der Waals surface area (Å²) >= 11 is 0. The smallest absolute Gasteiger partial charge is 0.124 e. The van der Waals surface area contributed by atoms with Gasteiger partial charge in [-0.15, -0.1) is 0 Å². The molecule has 0 saturated heterocycles. The Morgan fingerprint density at radius 3 is 2.50 bits per heavy atom. The lowest BCUT2D eigenvalue weighted by atomic mass is 9.46. The Kier molecular flexibility index (Phi) is 3.12. The van der Waals surface area contributed by atoms with Crippen LogP contribution < -0.4 is 0 Å². The number of aromatic hydroxyl groups is 1. The Hall–Kier alpha value is -1.35. The van der Waals surface area contributed by atoms with Crippen molar-refractivity contribution in [3.63, 3.8) is 0 Å². The van der Waals surface area contributed by atoms with Gasteiger partial charge in [0.15, 0.2) is 0 Å². The third-order valence-corrected chi connectivity index (χ3v) is 6.34. The van der Waals surface area contributed by atoms with Crippen molar-refractivity contribution < 1.29 is 10.2 Å². The van der Waals surface area contributed by atoms with Crippen LogP contribution in [0.5, 0.6) is 5.75 Å². The predicted molar refractivity (Wildman–Crippen MR) is 87.2 cm³/mol. The molecule has 3 nitrogen and oxygen atoms in total. The van der Waals surface area contributed by atoms with Crippen LogP contribution in [0.2, 0.25) is 0 Å². The van der Waals surface area contributed by atoms with Crippen LogP contribution in [0.15, 0.2) is 29.3 Å². The zero-order valence-electron chi connectivity index (χ0n) is 13.2. The molecule has 2 N–H and O–H groups in total. The van der Waals surface area contributed by atoms with Crippen LogP contribution >= 0.6 is 0 Å². The SMILES string of the molecule is C[C@@H](N=Cc1ccccc1O)C12C[C@@H]3C[C@H](CC(O)(C3)C1)C2. The summed E-state index contributed by atoms with van der Waals surface area (Å²) in [7, 11) is 0. The van der Waals surface area contributed by atoms with Crippen molar-refractivity contribution in [3.8, 4) is 5.75 Å². The number of benzene rings is 1. The van der Waals surface area contributed by atoms with Gasteiger partial charge < -0.3 is 10.2 Å². The van der Waals surface area contributed by atoms with Crippen LogP contribution in [0, 0.1) is 17.3 Å². The van der Waals surface area contributed by atoms with E-state index in [2.05, 4.69) is 6.92 Å². The maximum Gasteiger partial charge on any atom is 0.124 e. The molecule has 3 heteroatoms. The van der Waals surface area contributed by atoms with Crippen LogP contribution in [0.3, 0.4) is 0 Å². The van der Waals surface area contributed by atoms with Crippen molar-refractivity contribution in [1.29, 1.82) is 0 Å². The summed E-state index contributed by atoms with van der Waals surface area (Å²) < 4.78 is 0. The van der Waals surface area contributed by atoms with E-state index in [4.69, 9.17) is 4.99 Å². The zero-order chi connectivity index (χ0) is 15.4. The van der Waals surface area contributed by atoms with E-state index in [1.165, 1.54) is 19.3 Å². The molecule has 4 bridgehead atoms. The number of hydrogen-bond donors (Lipinski definition) is 2. The molecule has 118 valence electrons. The topological polar surface area (TPSA) is 52.8 Å². The largest absolute Gasteiger partial charge is 0.507 e. The molecule has 5 rings (SSSR count). The van der Waals surface area contributed by atoms with E-state index in [1.807, 2.05) is 24.4 Å². The molecule has 4 saturated carbocycles. The van der Waals surface area contributed by atoms with Crippen molar-refractivity contribution in [2.75, 3.05) is 0 Å². The standard InChI is InChI=1S/C19H25NO2/c1-13(20-11-16-4-2-3-5-17(16)21)18-7-14-6-15(8-18)10-19(22,9-14)12-18/h2-5,11,13-15,21-22H,6-10,12H2,1H3/t13-,14+,15+,18?,19?/m1/s1. The second-order valence-corrected chi connectivity index (χ2v) is 8.06. The maximum atomic E-state index is 10.9. The molecule has 4 fully saturated rings. The molecule has 0 unspecified atom stereocenters. The minimum atomic E-state index is -0.428. The van der Waals surface area contributed by atoms with E-state index < -0.39 is 5.60 Å². The predicted octanol–water partition coefficient (Wildman–Crippen LogP) is 3.53. The van der Waals surface area contributed by atoms with Crippen molar-refractivity contribution in [1.82, 2.24) is 0 Å². The molecule has 22 heavy (non-hydrogen) atoms. The third kappa shape index (κ3) is 2.26. The molecule has 0 spiro atoms. The van der Waals surface area contributed by atoms with Gasteiger partial charge in [-0.25, -0.2) is 0 Å². The zero-order valence-corrected chi connectivity index (χ0v) is 13.2. The fourth-order valence-electron chi connectivity index (χ4n) is 5.72. The van der Waals surface area contributed by atoms with Gasteiger partial charge in [-0.05, 0) is 74.8 Å². The van der Waals surface area contributed by atoms with Gasteiger partial charge in [0.2, 0.25) is 0 Å². The van der Waals surface area contributed by atoms with Gasteiger partial charge in [0.05, 0.1) is 11.6 Å². The van der Waals surface area contributed by atoms with E-state index in [9.17, 15) is 10.2 Å². The second kappa shape index (κ2) is 4.82. The highest BCUT2D eigenvalue weighted by Gasteiger charge is 2.58. The summed E-state index contributed by atoms with van der Waals surface area (Å²) in [5.41, 5.74) is 0.514. The first kappa shape index (κ1) is 14.3. The molecule has 3 atom stereocenters. The Morgan fingerprint density at radius 2 is 1.86 bits per heavy atom. The van der Waals surface area contributed by atoms with Gasteiger partial charge >= 0.3 is 0 Å². The van der Waals surface area contributed by atoms with Crippen LogP contribution in [-0.4, -0.2) is 28.1 Å². The molecule has 0 amide bonds. The molecule has 1 aromatic carbocycles. The monoisotopic (exact) mass is 299 g/mol. The molecule has 4 aliphatic rings. The molecule has 4 aliphatic carbocycles. The van der Waals surface area contributed by atoms with Crippen LogP contribution in [0.1, 0.15) is 51.0 Å². The van der Waals surface area contributed by atoms with Gasteiger partial charge in [-0.1, -0.05) is 12.1 Å². The highest BCUT2D eigenvalue weighted by Crippen LogP contribution is 2.63. The minimum absolute atomic E-state index is 0.166. The average molecular weight is 299 g/mol. The Morgan fingerprint density at radius 1 is 1.18 bits per heavy atom. The van der Waals surface area contributed by atoms with Gasteiger partial charge in [0.1, 0.15) is 5.75 Å². The average Bonchev–Trinajstić information content (AvgIpc) is 2.43. The number of hydrogen-bond acceptors (Lipinski definition) is 3. The number of aliphatic imine (C=N–C) groups is 1. The number of phenolic OH excluding ortho intramolecular Hbond substituents is 1. The summed E-state index contributed by atoms with van der Waals surface area (Å²) in [6.07, 6.45) is 8.45. The van der Waals surface area contributed by atoms with Crippen LogP contribution in [0.25, 0.3) is 0 Å². The van der Waals surface area contributed by atoms with Gasteiger partial charge in [0.25, 0.3) is 0 Å². The van der Waals surface area contributed by atoms with E-state index in [0.29, 0.717) is 11.8 Å². The first-order chi connectivity index (χ1) is 10.5. The maximum absolute atomic E-state index is 10.9. The number of para-hydroxylation sites is 1. The molecule has 0 aliphatic heterocycles. The number of nitrogens with zero attached hydrogens (tertiary/aromatic N) is 1. The first-order valence-corrected chi connectivity index (χ1v) is 8.52. The lowest BCUT2D eigenvalue weighted by molar-refractivity contribution is -0.168. The molecular weight excluding hydrogens is 274 g/mol. The summed E-state index contributed by atoms with van der Waals surface area (Å²) in [5.74, 6) is 1.66. The van der Waals surface area contributed by atoms with E-state index >= 15 is 0 Å². The van der Waals surface area contributed by atoms with E-state index in [1.54, 1.807) is 6.07 Å². The summed E-state index contributed by atoms with van der Waals surface area (Å²) in [4.78, 5) is 4.78. The van der Waals surface area contributed by atoms with E-state index in [0.717, 1.165) is 24.8 Å². The Bertz CT molecular complexity index is 595. The van der Waals surface area contributed by atoms with E-state index in [-0.39, 0.29) is 17.2 Å². The number of aliphatic hydroxyl groups is 1. The third-order valence-electron chi connectivity index (χ3n) is 6.34. The highest BCUT2D eigenvalue weighted by molar-refractivity contribution is 5.83. The summed E-state index contributed by atoms with van der Waals surface area (Å²) in [6, 6.07) is 7.52. The molecule has 1 aromatic rings. The van der Waals surface area contributed by atoms with Crippen LogP contribution in [-0.2, 0) is 0 Å². The molecule has 0 heterocycles. The second-order valence-electron chi connectivity index (χ2n) is 8.06. The highest BCUT2D eigenvalue weighted by atomic mass is 16.3. The Balaban J connectivity index is 1.58. The minimum Gasteiger partial charge on any atom is -0.507 e. The number of phenols is 1. The molecular formula is C19H25NO2.